The molecule has 1 fully saturated rings. The van der Waals surface area contributed by atoms with Gasteiger partial charge >= 0.3 is 0 Å². The monoisotopic (exact) mass is 183 g/mol. The summed E-state index contributed by atoms with van der Waals surface area (Å²) >= 11 is 0. The van der Waals surface area contributed by atoms with E-state index in [4.69, 9.17) is 0 Å². The highest BCUT2D eigenvalue weighted by Crippen LogP contribution is 2.15. The Morgan fingerprint density at radius 1 is 0.923 bits per heavy atom. The van der Waals surface area contributed by atoms with Crippen molar-refractivity contribution < 1.29 is 0 Å². The lowest BCUT2D eigenvalue weighted by Crippen LogP contribution is -2.41. The number of nitrogens with one attached hydrogen (secondary N) is 1. The largest absolute Gasteiger partial charge is 0.316 e. The average molecular weight is 183 g/mol. The molecule has 1 rings (SSSR count). The lowest BCUT2D eigenvalue weighted by molar-refractivity contribution is 0.316. The summed E-state index contributed by atoms with van der Waals surface area (Å²) in [5.74, 6) is 1.02. The van der Waals surface area contributed by atoms with Gasteiger partial charge in [0.25, 0.3) is 0 Å². The van der Waals surface area contributed by atoms with Crippen LogP contribution in [0.2, 0.25) is 0 Å². The SMILES string of the molecule is CCCCCCCCCC1CNC1. The summed E-state index contributed by atoms with van der Waals surface area (Å²) < 4.78 is 0. The van der Waals surface area contributed by atoms with Crippen molar-refractivity contribution in [1.29, 1.82) is 0 Å². The third-order valence-electron chi connectivity index (χ3n) is 3.08. The summed E-state index contributed by atoms with van der Waals surface area (Å²) in [4.78, 5) is 0. The molecule has 0 bridgehead atoms. The third-order valence-corrected chi connectivity index (χ3v) is 3.08. The van der Waals surface area contributed by atoms with Gasteiger partial charge in [-0.2, -0.15) is 0 Å². The third kappa shape index (κ3) is 5.30. The van der Waals surface area contributed by atoms with E-state index in [1.165, 1.54) is 64.5 Å². The van der Waals surface area contributed by atoms with E-state index in [1.54, 1.807) is 0 Å². The van der Waals surface area contributed by atoms with E-state index in [1.807, 2.05) is 0 Å². The molecule has 13 heavy (non-hydrogen) atoms. The molecular weight excluding hydrogens is 158 g/mol. The van der Waals surface area contributed by atoms with Gasteiger partial charge in [-0.25, -0.2) is 0 Å². The van der Waals surface area contributed by atoms with Gasteiger partial charge in [0.2, 0.25) is 0 Å². The Labute approximate surface area is 83.3 Å². The normalized spacial score (nSPS) is 17.3. The van der Waals surface area contributed by atoms with Crippen LogP contribution >= 0.6 is 0 Å². The van der Waals surface area contributed by atoms with Gasteiger partial charge in [0.05, 0.1) is 0 Å². The van der Waals surface area contributed by atoms with Gasteiger partial charge in [-0.3, -0.25) is 0 Å². The van der Waals surface area contributed by atoms with Gasteiger partial charge in [-0.1, -0.05) is 51.9 Å². The first-order chi connectivity index (χ1) is 6.43. The Balaban J connectivity index is 1.68. The van der Waals surface area contributed by atoms with Crippen molar-refractivity contribution in [2.24, 2.45) is 5.92 Å². The molecule has 0 radical (unpaired) electrons. The predicted molar refractivity (Wildman–Crippen MR) is 59.0 cm³/mol. The van der Waals surface area contributed by atoms with Gasteiger partial charge in [-0.05, 0) is 25.4 Å². The minimum Gasteiger partial charge on any atom is -0.316 e. The van der Waals surface area contributed by atoms with Crippen molar-refractivity contribution in [3.8, 4) is 0 Å². The molecule has 1 heteroatoms. The van der Waals surface area contributed by atoms with E-state index in [0.717, 1.165) is 5.92 Å². The second-order valence-corrected chi connectivity index (χ2v) is 4.43. The Hall–Kier alpha value is -0.0400. The minimum absolute atomic E-state index is 1.02. The van der Waals surface area contributed by atoms with E-state index in [9.17, 15) is 0 Å². The fraction of sp³-hybridized carbons (Fsp3) is 1.00. The van der Waals surface area contributed by atoms with Gasteiger partial charge in [0, 0.05) is 0 Å². The van der Waals surface area contributed by atoms with Gasteiger partial charge < -0.3 is 5.32 Å². The highest BCUT2D eigenvalue weighted by Gasteiger charge is 2.14. The Morgan fingerprint density at radius 2 is 1.54 bits per heavy atom. The smallest absolute Gasteiger partial charge is 0.000826 e. The molecule has 1 aliphatic rings. The molecule has 0 aromatic heterocycles. The van der Waals surface area contributed by atoms with E-state index in [-0.39, 0.29) is 0 Å². The molecule has 1 saturated heterocycles. The molecule has 0 aliphatic carbocycles. The maximum Gasteiger partial charge on any atom is -0.000826 e. The molecule has 0 amide bonds. The molecule has 0 spiro atoms. The predicted octanol–water partition coefficient (Wildman–Crippen LogP) is 3.35. The van der Waals surface area contributed by atoms with Crippen molar-refractivity contribution in [2.45, 2.75) is 58.3 Å². The zero-order valence-electron chi connectivity index (χ0n) is 9.15. The second kappa shape index (κ2) is 7.37. The number of hydrogen-bond donors (Lipinski definition) is 1. The van der Waals surface area contributed by atoms with Crippen LogP contribution in [0.25, 0.3) is 0 Å². The van der Waals surface area contributed by atoms with Crippen molar-refractivity contribution in [3.05, 3.63) is 0 Å². The van der Waals surface area contributed by atoms with Crippen LogP contribution < -0.4 is 5.32 Å². The second-order valence-electron chi connectivity index (χ2n) is 4.43. The van der Waals surface area contributed by atoms with E-state index in [2.05, 4.69) is 12.2 Å². The van der Waals surface area contributed by atoms with Crippen LogP contribution in [0.4, 0.5) is 0 Å². The molecule has 1 nitrogen and oxygen atoms in total. The van der Waals surface area contributed by atoms with Crippen molar-refractivity contribution in [3.63, 3.8) is 0 Å². The minimum atomic E-state index is 1.02. The quantitative estimate of drug-likeness (QED) is 0.569. The molecule has 0 unspecified atom stereocenters. The molecule has 1 aliphatic heterocycles. The van der Waals surface area contributed by atoms with Gasteiger partial charge in [0.1, 0.15) is 0 Å². The fourth-order valence-electron chi connectivity index (χ4n) is 1.94. The molecule has 78 valence electrons. The fourth-order valence-corrected chi connectivity index (χ4v) is 1.94. The molecule has 1 heterocycles. The van der Waals surface area contributed by atoms with Crippen LogP contribution in [0.3, 0.4) is 0 Å². The zero-order valence-corrected chi connectivity index (χ0v) is 9.15. The van der Waals surface area contributed by atoms with Crippen LogP contribution in [-0.2, 0) is 0 Å². The Bertz CT molecular complexity index is 108. The summed E-state index contributed by atoms with van der Waals surface area (Å²) in [7, 11) is 0. The maximum atomic E-state index is 3.33. The Kier molecular flexibility index (Phi) is 6.26. The van der Waals surface area contributed by atoms with Crippen LogP contribution in [0.1, 0.15) is 58.3 Å². The molecule has 0 atom stereocenters. The van der Waals surface area contributed by atoms with E-state index in [0.29, 0.717) is 0 Å². The van der Waals surface area contributed by atoms with Crippen LogP contribution in [-0.4, -0.2) is 13.1 Å². The number of rotatable bonds is 8. The zero-order chi connectivity index (χ0) is 9.36. The summed E-state index contributed by atoms with van der Waals surface area (Å²) in [5, 5.41) is 3.33. The highest BCUT2D eigenvalue weighted by molar-refractivity contribution is 4.73. The van der Waals surface area contributed by atoms with E-state index < -0.39 is 0 Å². The van der Waals surface area contributed by atoms with Crippen LogP contribution in [0.5, 0.6) is 0 Å². The first-order valence-corrected chi connectivity index (χ1v) is 6.14. The summed E-state index contributed by atoms with van der Waals surface area (Å²) in [6.07, 6.45) is 11.6. The van der Waals surface area contributed by atoms with Crippen molar-refractivity contribution >= 4 is 0 Å². The van der Waals surface area contributed by atoms with Gasteiger partial charge in [0.15, 0.2) is 0 Å². The standard InChI is InChI=1S/C12H25N/c1-2-3-4-5-6-7-8-9-12-10-13-11-12/h12-13H,2-11H2,1H3. The maximum absolute atomic E-state index is 3.33. The summed E-state index contributed by atoms with van der Waals surface area (Å²) in [5.41, 5.74) is 0. The number of unbranched alkanes of at least 4 members (excludes halogenated alkanes) is 6. The van der Waals surface area contributed by atoms with Crippen LogP contribution in [0.15, 0.2) is 0 Å². The van der Waals surface area contributed by atoms with Crippen LogP contribution in [0, 0.1) is 5.92 Å². The van der Waals surface area contributed by atoms with Crippen molar-refractivity contribution in [1.82, 2.24) is 5.32 Å². The lowest BCUT2D eigenvalue weighted by Gasteiger charge is -2.26. The molecular formula is C12H25N. The Morgan fingerprint density at radius 3 is 2.08 bits per heavy atom. The molecule has 0 aromatic rings. The molecule has 1 N–H and O–H groups in total. The van der Waals surface area contributed by atoms with E-state index >= 15 is 0 Å². The first-order valence-electron chi connectivity index (χ1n) is 6.14. The number of hydrogen-bond acceptors (Lipinski definition) is 1. The summed E-state index contributed by atoms with van der Waals surface area (Å²) in [6.45, 7) is 4.86. The summed E-state index contributed by atoms with van der Waals surface area (Å²) in [6, 6.07) is 0. The molecule has 0 aromatic carbocycles. The lowest BCUT2D eigenvalue weighted by atomic mass is 9.95. The van der Waals surface area contributed by atoms with Gasteiger partial charge in [-0.15, -0.1) is 0 Å². The highest BCUT2D eigenvalue weighted by atomic mass is 14.9. The average Bonchev–Trinajstić information content (AvgIpc) is 2.07. The molecule has 0 saturated carbocycles. The first kappa shape index (κ1) is 11.0. The topological polar surface area (TPSA) is 12.0 Å². The van der Waals surface area contributed by atoms with Crippen molar-refractivity contribution in [2.75, 3.05) is 13.1 Å².